The number of rotatable bonds is 4. The van der Waals surface area contributed by atoms with E-state index < -0.39 is 0 Å². The number of aliphatic imine (C=N–C) groups is 1. The Hall–Kier alpha value is -5.87. The number of fused-ring (bicyclic) bond motifs is 4. The number of anilines is 4. The van der Waals surface area contributed by atoms with Gasteiger partial charge in [0.2, 0.25) is 0 Å². The van der Waals surface area contributed by atoms with Gasteiger partial charge in [-0.15, -0.1) is 0 Å². The fourth-order valence-corrected chi connectivity index (χ4v) is 7.13. The summed E-state index contributed by atoms with van der Waals surface area (Å²) in [6, 6.07) is 45.5. The third-order valence-electron chi connectivity index (χ3n) is 9.33. The molecular weight excluding hydrogens is 560 g/mol. The first-order valence-electron chi connectivity index (χ1n) is 16.0. The van der Waals surface area contributed by atoms with Crippen LogP contribution in [0.2, 0.25) is 0 Å². The minimum absolute atomic E-state index is 0.0897. The van der Waals surface area contributed by atoms with Gasteiger partial charge in [-0.2, -0.15) is 0 Å². The molecule has 1 aliphatic carbocycles. The molecule has 0 aromatic heterocycles. The Morgan fingerprint density at radius 2 is 1.41 bits per heavy atom. The Labute approximate surface area is 269 Å². The van der Waals surface area contributed by atoms with Crippen LogP contribution in [0.3, 0.4) is 0 Å². The number of amidine groups is 1. The van der Waals surface area contributed by atoms with Crippen molar-refractivity contribution in [3.63, 3.8) is 0 Å². The number of hydrogen-bond donors (Lipinski definition) is 1. The maximum absolute atomic E-state index is 5.62. The van der Waals surface area contributed by atoms with Crippen LogP contribution >= 0.6 is 0 Å². The molecule has 0 amide bonds. The van der Waals surface area contributed by atoms with Crippen LogP contribution in [0.1, 0.15) is 35.1 Å². The molecular formula is C42H32N4. The molecule has 3 aliphatic heterocycles. The fourth-order valence-electron chi connectivity index (χ4n) is 7.13. The number of benzene rings is 5. The van der Waals surface area contributed by atoms with Crippen molar-refractivity contribution in [1.29, 1.82) is 0 Å². The van der Waals surface area contributed by atoms with Crippen molar-refractivity contribution in [1.82, 2.24) is 5.32 Å². The first-order valence-corrected chi connectivity index (χ1v) is 16.0. The van der Waals surface area contributed by atoms with Gasteiger partial charge in [0.15, 0.2) is 5.82 Å². The molecule has 5 aromatic rings. The van der Waals surface area contributed by atoms with E-state index in [9.17, 15) is 0 Å². The maximum atomic E-state index is 5.62. The van der Waals surface area contributed by atoms with Gasteiger partial charge in [0, 0.05) is 22.7 Å². The van der Waals surface area contributed by atoms with Gasteiger partial charge >= 0.3 is 0 Å². The van der Waals surface area contributed by atoms with Crippen molar-refractivity contribution in [3.8, 4) is 11.1 Å². The zero-order valence-electron chi connectivity index (χ0n) is 25.3. The van der Waals surface area contributed by atoms with Gasteiger partial charge < -0.3 is 5.32 Å². The standard InChI is InChI=1S/C42H32N4/c1-4-14-29(15-5-1)32-25-27-39(35(28-32)30-16-6-2-7-17-30)46-38-23-13-11-21-34(38)40-42(46)44-41-36(43-40)26-24-31-18-10-12-22-37(31)45(41)33-19-8-3-9-20-33/h1-14,16-29,40,43H,15H2. The van der Waals surface area contributed by atoms with Gasteiger partial charge in [-0.1, -0.05) is 121 Å². The Bertz CT molecular complexity index is 2120. The molecule has 0 spiro atoms. The van der Waals surface area contributed by atoms with E-state index in [1.807, 2.05) is 0 Å². The van der Waals surface area contributed by atoms with Crippen molar-refractivity contribution in [3.05, 3.63) is 186 Å². The first-order chi connectivity index (χ1) is 22.8. The topological polar surface area (TPSA) is 30.9 Å². The minimum Gasteiger partial charge on any atom is -0.368 e. The Morgan fingerprint density at radius 3 is 2.24 bits per heavy atom. The van der Waals surface area contributed by atoms with Crippen LogP contribution in [0.15, 0.2) is 174 Å². The van der Waals surface area contributed by atoms with Gasteiger partial charge in [-0.25, -0.2) is 4.99 Å². The second-order valence-electron chi connectivity index (χ2n) is 12.0. The molecule has 0 bridgehead atoms. The highest BCUT2D eigenvalue weighted by atomic mass is 15.3. The van der Waals surface area contributed by atoms with Crippen LogP contribution in [-0.4, -0.2) is 5.84 Å². The van der Waals surface area contributed by atoms with Crippen LogP contribution in [0.25, 0.3) is 17.2 Å². The molecule has 5 aromatic carbocycles. The fraction of sp³-hybridized carbons (Fsp3) is 0.0714. The van der Waals surface area contributed by atoms with E-state index in [2.05, 4.69) is 179 Å². The summed E-state index contributed by atoms with van der Waals surface area (Å²) in [6.45, 7) is 0. The Balaban J connectivity index is 1.25. The summed E-state index contributed by atoms with van der Waals surface area (Å²) >= 11 is 0. The molecule has 0 saturated heterocycles. The van der Waals surface area contributed by atoms with E-state index in [1.54, 1.807) is 0 Å². The van der Waals surface area contributed by atoms with Crippen molar-refractivity contribution in [2.45, 2.75) is 18.4 Å². The first kappa shape index (κ1) is 26.5. The van der Waals surface area contributed by atoms with Gasteiger partial charge in [0.25, 0.3) is 0 Å². The van der Waals surface area contributed by atoms with Gasteiger partial charge in [-0.05, 0) is 65.6 Å². The summed E-state index contributed by atoms with van der Waals surface area (Å²) in [5.74, 6) is 2.21. The smallest absolute Gasteiger partial charge is 0.163 e. The van der Waals surface area contributed by atoms with E-state index in [0.29, 0.717) is 5.92 Å². The highest BCUT2D eigenvalue weighted by Crippen LogP contribution is 2.49. The monoisotopic (exact) mass is 592 g/mol. The molecule has 46 heavy (non-hydrogen) atoms. The summed E-state index contributed by atoms with van der Waals surface area (Å²) in [7, 11) is 0. The predicted molar refractivity (Wildman–Crippen MR) is 190 cm³/mol. The molecule has 1 N–H and O–H groups in total. The minimum atomic E-state index is -0.0897. The lowest BCUT2D eigenvalue weighted by atomic mass is 9.89. The van der Waals surface area contributed by atoms with Crippen LogP contribution in [0, 0.1) is 0 Å². The number of nitrogens with zero attached hydrogens (tertiary/aromatic N) is 3. The normalized spacial score (nSPS) is 19.1. The number of allylic oxidation sites excluding steroid dienone is 5. The van der Waals surface area contributed by atoms with Gasteiger partial charge in [0.05, 0.1) is 22.8 Å². The van der Waals surface area contributed by atoms with Crippen LogP contribution in [0.5, 0.6) is 0 Å². The van der Waals surface area contributed by atoms with E-state index in [0.717, 1.165) is 52.1 Å². The molecule has 0 fully saturated rings. The van der Waals surface area contributed by atoms with Crippen molar-refractivity contribution in [2.24, 2.45) is 4.99 Å². The van der Waals surface area contributed by atoms with Crippen LogP contribution in [0.4, 0.5) is 22.7 Å². The predicted octanol–water partition coefficient (Wildman–Crippen LogP) is 10.2. The van der Waals surface area contributed by atoms with Gasteiger partial charge in [0.1, 0.15) is 11.9 Å². The molecule has 0 saturated carbocycles. The third-order valence-corrected chi connectivity index (χ3v) is 9.33. The third kappa shape index (κ3) is 4.33. The Kier molecular flexibility index (Phi) is 6.31. The van der Waals surface area contributed by atoms with Crippen LogP contribution < -0.4 is 15.1 Å². The van der Waals surface area contributed by atoms with Crippen molar-refractivity contribution < 1.29 is 0 Å². The molecule has 2 unspecified atom stereocenters. The highest BCUT2D eigenvalue weighted by Gasteiger charge is 2.41. The second kappa shape index (κ2) is 10.9. The average molecular weight is 593 g/mol. The highest BCUT2D eigenvalue weighted by molar-refractivity contribution is 6.16. The molecule has 0 radical (unpaired) electrons. The lowest BCUT2D eigenvalue weighted by Gasteiger charge is -2.33. The second-order valence-corrected chi connectivity index (χ2v) is 12.0. The summed E-state index contributed by atoms with van der Waals surface area (Å²) in [5.41, 5.74) is 11.5. The SMILES string of the molecule is C1=CCC(c2ccc(N3C4=NC5=C(C=Cc6ccccc6N5c5ccccc5)NC4c4ccccc43)c(-c3ccccc3)c2)C=C1. The lowest BCUT2D eigenvalue weighted by Crippen LogP contribution is -2.38. The zero-order valence-corrected chi connectivity index (χ0v) is 25.3. The molecule has 2 atom stereocenters. The number of nitrogens with one attached hydrogen (secondary N) is 1. The molecule has 220 valence electrons. The van der Waals surface area contributed by atoms with Crippen LogP contribution in [-0.2, 0) is 0 Å². The maximum Gasteiger partial charge on any atom is 0.163 e. The summed E-state index contributed by atoms with van der Waals surface area (Å²) in [6.07, 6.45) is 14.3. The van der Waals surface area contributed by atoms with E-state index in [4.69, 9.17) is 4.99 Å². The average Bonchev–Trinajstić information content (AvgIpc) is 3.35. The molecule has 9 rings (SSSR count). The molecule has 4 aliphatic rings. The summed E-state index contributed by atoms with van der Waals surface area (Å²) < 4.78 is 0. The molecule has 3 heterocycles. The summed E-state index contributed by atoms with van der Waals surface area (Å²) in [4.78, 5) is 10.3. The van der Waals surface area contributed by atoms with Crippen molar-refractivity contribution in [2.75, 3.05) is 9.80 Å². The number of hydrogen-bond acceptors (Lipinski definition) is 4. The van der Waals surface area contributed by atoms with E-state index in [-0.39, 0.29) is 6.04 Å². The molecule has 4 heteroatoms. The number of para-hydroxylation sites is 3. The van der Waals surface area contributed by atoms with Gasteiger partial charge in [-0.3, -0.25) is 9.80 Å². The quantitative estimate of drug-likeness (QED) is 0.225. The zero-order chi connectivity index (χ0) is 30.5. The van der Waals surface area contributed by atoms with Crippen molar-refractivity contribution >= 4 is 34.7 Å². The lowest BCUT2D eigenvalue weighted by molar-refractivity contribution is 0.740. The summed E-state index contributed by atoms with van der Waals surface area (Å²) in [5, 5.41) is 3.93. The Morgan fingerprint density at radius 1 is 0.652 bits per heavy atom. The molecule has 4 nitrogen and oxygen atoms in total. The van der Waals surface area contributed by atoms with E-state index >= 15 is 0 Å². The van der Waals surface area contributed by atoms with E-state index in [1.165, 1.54) is 22.3 Å². The largest absolute Gasteiger partial charge is 0.368 e.